The molecular formula is C16H13N3S3. The van der Waals surface area contributed by atoms with Crippen molar-refractivity contribution in [1.82, 2.24) is 9.97 Å². The van der Waals surface area contributed by atoms with Crippen molar-refractivity contribution in [2.75, 3.05) is 11.6 Å². The number of benzene rings is 2. The highest BCUT2D eigenvalue weighted by atomic mass is 32.2. The van der Waals surface area contributed by atoms with E-state index in [2.05, 4.69) is 59.9 Å². The van der Waals surface area contributed by atoms with Gasteiger partial charge in [-0.1, -0.05) is 40.9 Å². The Morgan fingerprint density at radius 3 is 2.23 bits per heavy atom. The summed E-state index contributed by atoms with van der Waals surface area (Å²) in [5.74, 6) is 0. The second kappa shape index (κ2) is 5.53. The Kier molecular flexibility index (Phi) is 3.52. The smallest absolute Gasteiger partial charge is 0.190 e. The van der Waals surface area contributed by atoms with Crippen LogP contribution in [0.25, 0.3) is 20.4 Å². The van der Waals surface area contributed by atoms with E-state index in [0.29, 0.717) is 0 Å². The number of nitrogens with zero attached hydrogens (tertiary/aromatic N) is 2. The highest BCUT2D eigenvalue weighted by molar-refractivity contribution is 7.98. The molecule has 0 amide bonds. The lowest BCUT2D eigenvalue weighted by Gasteiger charge is -1.95. The molecule has 0 bridgehead atoms. The second-order valence-electron chi connectivity index (χ2n) is 4.89. The minimum Gasteiger partial charge on any atom is -0.307 e. The molecule has 2 aromatic heterocycles. The van der Waals surface area contributed by atoms with Gasteiger partial charge in [-0.05, 0) is 36.9 Å². The average molecular weight is 344 g/mol. The van der Waals surface area contributed by atoms with Crippen molar-refractivity contribution >= 4 is 65.1 Å². The Morgan fingerprint density at radius 1 is 0.909 bits per heavy atom. The zero-order chi connectivity index (χ0) is 15.1. The van der Waals surface area contributed by atoms with Gasteiger partial charge < -0.3 is 5.32 Å². The van der Waals surface area contributed by atoms with Gasteiger partial charge in [0.25, 0.3) is 0 Å². The van der Waals surface area contributed by atoms with E-state index < -0.39 is 0 Å². The highest BCUT2D eigenvalue weighted by Crippen LogP contribution is 2.35. The number of rotatable bonds is 3. The summed E-state index contributed by atoms with van der Waals surface area (Å²) in [7, 11) is 0. The fourth-order valence-electron chi connectivity index (χ4n) is 2.37. The monoisotopic (exact) mass is 343 g/mol. The number of para-hydroxylation sites is 2. The molecule has 1 N–H and O–H groups in total. The number of thioether (sulfide) groups is 1. The lowest BCUT2D eigenvalue weighted by atomic mass is 10.2. The third-order valence-electron chi connectivity index (χ3n) is 3.44. The molecule has 2 heterocycles. The van der Waals surface area contributed by atoms with Gasteiger partial charge >= 0.3 is 0 Å². The SMILES string of the molecule is CSc1cccc2sc(Nc3nc4c(C)cccc4s3)nc12. The first kappa shape index (κ1) is 14.0. The summed E-state index contributed by atoms with van der Waals surface area (Å²) in [6, 6.07) is 12.6. The maximum Gasteiger partial charge on any atom is 0.190 e. The van der Waals surface area contributed by atoms with Crippen LogP contribution >= 0.6 is 34.4 Å². The molecule has 110 valence electrons. The summed E-state index contributed by atoms with van der Waals surface area (Å²) < 4.78 is 2.40. The van der Waals surface area contributed by atoms with E-state index in [-0.39, 0.29) is 0 Å². The normalized spacial score (nSPS) is 11.4. The first-order chi connectivity index (χ1) is 10.7. The molecule has 3 nitrogen and oxygen atoms in total. The van der Waals surface area contributed by atoms with Gasteiger partial charge in [-0.15, -0.1) is 11.8 Å². The van der Waals surface area contributed by atoms with E-state index in [0.717, 1.165) is 21.3 Å². The molecule has 0 atom stereocenters. The Labute approximate surface area is 140 Å². The Bertz CT molecular complexity index is 971. The number of hydrogen-bond donors (Lipinski definition) is 1. The van der Waals surface area contributed by atoms with Crippen molar-refractivity contribution < 1.29 is 0 Å². The number of thiazole rings is 2. The predicted octanol–water partition coefficient (Wildman–Crippen LogP) is 5.68. The minimum absolute atomic E-state index is 0.896. The molecule has 2 aromatic carbocycles. The average Bonchev–Trinajstić information content (AvgIpc) is 3.10. The van der Waals surface area contributed by atoms with Crippen LogP contribution in [0.15, 0.2) is 41.3 Å². The van der Waals surface area contributed by atoms with Crippen molar-refractivity contribution in [3.05, 3.63) is 42.0 Å². The quantitative estimate of drug-likeness (QED) is 0.486. The van der Waals surface area contributed by atoms with Gasteiger partial charge in [0.2, 0.25) is 0 Å². The highest BCUT2D eigenvalue weighted by Gasteiger charge is 2.10. The molecule has 4 rings (SSSR count). The van der Waals surface area contributed by atoms with Crippen LogP contribution in [0.1, 0.15) is 5.56 Å². The molecule has 22 heavy (non-hydrogen) atoms. The molecule has 6 heteroatoms. The van der Waals surface area contributed by atoms with Gasteiger partial charge in [-0.2, -0.15) is 0 Å². The van der Waals surface area contributed by atoms with E-state index in [1.165, 1.54) is 19.9 Å². The van der Waals surface area contributed by atoms with Crippen molar-refractivity contribution in [2.45, 2.75) is 11.8 Å². The van der Waals surface area contributed by atoms with E-state index in [9.17, 15) is 0 Å². The lowest BCUT2D eigenvalue weighted by Crippen LogP contribution is -1.87. The van der Waals surface area contributed by atoms with Crippen LogP contribution in [0.3, 0.4) is 0 Å². The molecule has 0 aliphatic heterocycles. The maximum absolute atomic E-state index is 4.72. The van der Waals surface area contributed by atoms with Crippen LogP contribution < -0.4 is 5.32 Å². The topological polar surface area (TPSA) is 37.8 Å². The van der Waals surface area contributed by atoms with Crippen LogP contribution in [0, 0.1) is 6.92 Å². The summed E-state index contributed by atoms with van der Waals surface area (Å²) >= 11 is 5.06. The van der Waals surface area contributed by atoms with Gasteiger partial charge in [0.1, 0.15) is 0 Å². The largest absolute Gasteiger partial charge is 0.307 e. The Hall–Kier alpha value is -1.63. The molecule has 0 aliphatic rings. The van der Waals surface area contributed by atoms with Crippen molar-refractivity contribution in [1.29, 1.82) is 0 Å². The molecule has 0 radical (unpaired) electrons. The standard InChI is InChI=1S/C16H13N3S3/c1-9-5-3-7-11-13(9)17-15(21-11)19-16-18-14-10(20-2)6-4-8-12(14)22-16/h3-8H,1-2H3,(H,17,18,19). The fraction of sp³-hybridized carbons (Fsp3) is 0.125. The summed E-state index contributed by atoms with van der Waals surface area (Å²) in [5.41, 5.74) is 3.34. The van der Waals surface area contributed by atoms with E-state index in [4.69, 9.17) is 4.98 Å². The first-order valence-corrected chi connectivity index (χ1v) is 9.67. The molecule has 0 saturated carbocycles. The van der Waals surface area contributed by atoms with Gasteiger partial charge in [-0.3, -0.25) is 0 Å². The summed E-state index contributed by atoms with van der Waals surface area (Å²) in [5, 5.41) is 5.16. The number of aromatic nitrogens is 2. The van der Waals surface area contributed by atoms with E-state index in [1.807, 2.05) is 0 Å². The number of nitrogens with one attached hydrogen (secondary N) is 1. The van der Waals surface area contributed by atoms with Gasteiger partial charge in [0.15, 0.2) is 10.3 Å². The second-order valence-corrected chi connectivity index (χ2v) is 7.80. The summed E-state index contributed by atoms with van der Waals surface area (Å²) in [6.07, 6.45) is 2.08. The summed E-state index contributed by atoms with van der Waals surface area (Å²) in [4.78, 5) is 10.6. The minimum atomic E-state index is 0.896. The molecule has 0 fully saturated rings. The van der Waals surface area contributed by atoms with Crippen LogP contribution in [0.4, 0.5) is 10.3 Å². The zero-order valence-electron chi connectivity index (χ0n) is 12.1. The van der Waals surface area contributed by atoms with E-state index in [1.54, 1.807) is 34.4 Å². The third-order valence-corrected chi connectivity index (χ3v) is 6.08. The molecule has 0 saturated heterocycles. The van der Waals surface area contributed by atoms with Crippen molar-refractivity contribution in [2.24, 2.45) is 0 Å². The zero-order valence-corrected chi connectivity index (χ0v) is 14.5. The number of hydrogen-bond acceptors (Lipinski definition) is 6. The molecule has 0 spiro atoms. The molecule has 4 aromatic rings. The van der Waals surface area contributed by atoms with Crippen LogP contribution in [-0.4, -0.2) is 16.2 Å². The fourth-order valence-corrected chi connectivity index (χ4v) is 4.90. The number of fused-ring (bicyclic) bond motifs is 2. The Morgan fingerprint density at radius 2 is 1.55 bits per heavy atom. The first-order valence-electron chi connectivity index (χ1n) is 6.81. The lowest BCUT2D eigenvalue weighted by molar-refractivity contribution is 1.36. The van der Waals surface area contributed by atoms with Crippen LogP contribution in [0.2, 0.25) is 0 Å². The number of anilines is 2. The van der Waals surface area contributed by atoms with Gasteiger partial charge in [0, 0.05) is 4.90 Å². The Balaban J connectivity index is 1.74. The summed E-state index contributed by atoms with van der Waals surface area (Å²) in [6.45, 7) is 2.09. The van der Waals surface area contributed by atoms with Crippen molar-refractivity contribution in [3.63, 3.8) is 0 Å². The van der Waals surface area contributed by atoms with Gasteiger partial charge in [0.05, 0.1) is 20.4 Å². The molecular weight excluding hydrogens is 330 g/mol. The number of aryl methyl sites for hydroxylation is 1. The van der Waals surface area contributed by atoms with Crippen LogP contribution in [0.5, 0.6) is 0 Å². The maximum atomic E-state index is 4.72. The molecule has 0 aliphatic carbocycles. The molecule has 0 unspecified atom stereocenters. The third kappa shape index (κ3) is 2.37. The van der Waals surface area contributed by atoms with Crippen molar-refractivity contribution in [3.8, 4) is 0 Å². The van der Waals surface area contributed by atoms with E-state index >= 15 is 0 Å². The predicted molar refractivity (Wildman–Crippen MR) is 99.0 cm³/mol. The van der Waals surface area contributed by atoms with Gasteiger partial charge in [-0.25, -0.2) is 9.97 Å². The van der Waals surface area contributed by atoms with Crippen LogP contribution in [-0.2, 0) is 0 Å².